The Kier molecular flexibility index (Phi) is 7.58. The lowest BCUT2D eigenvalue weighted by Crippen LogP contribution is -2.36. The van der Waals surface area contributed by atoms with Gasteiger partial charge in [-0.05, 0) is 63.3 Å². The van der Waals surface area contributed by atoms with Crippen LogP contribution in [0.1, 0.15) is 82.7 Å². The number of aliphatic hydroxyl groups excluding tert-OH is 1. The summed E-state index contributed by atoms with van der Waals surface area (Å²) in [5, 5.41) is 12.5. The molecule has 2 aliphatic rings. The number of rotatable bonds is 6. The number of H-pyrrole nitrogens is 1. The summed E-state index contributed by atoms with van der Waals surface area (Å²) in [6, 6.07) is 5.97. The number of aliphatic hydroxyl groups is 1. The third-order valence-electron chi connectivity index (χ3n) is 7.98. The van der Waals surface area contributed by atoms with Crippen LogP contribution >= 0.6 is 11.3 Å². The van der Waals surface area contributed by atoms with Crippen LogP contribution in [0.15, 0.2) is 40.5 Å². The lowest BCUT2D eigenvalue weighted by Gasteiger charge is -2.24. The van der Waals surface area contributed by atoms with Crippen LogP contribution in [0.3, 0.4) is 0 Å². The third-order valence-corrected chi connectivity index (χ3v) is 9.12. The van der Waals surface area contributed by atoms with Crippen molar-refractivity contribution in [1.82, 2.24) is 19.8 Å². The Balaban J connectivity index is 1.38. The number of benzene rings is 1. The molecule has 1 atom stereocenters. The molecule has 0 radical (unpaired) electrons. The number of carbonyl (C=O) groups excluding carboxylic acids is 2. The number of halogens is 3. The molecule has 1 saturated carbocycles. The molecule has 2 amide bonds. The smallest absolute Gasteiger partial charge is 0.378 e. The highest BCUT2D eigenvalue weighted by atomic mass is 32.1. The molecular formula is C29H31F3N4O4S. The molecule has 2 aromatic heterocycles. The number of alkyl halides is 3. The number of amides is 2. The van der Waals surface area contributed by atoms with Gasteiger partial charge in [-0.3, -0.25) is 14.4 Å². The summed E-state index contributed by atoms with van der Waals surface area (Å²) < 4.78 is 39.4. The molecule has 0 spiro atoms. The highest BCUT2D eigenvalue weighted by Crippen LogP contribution is 2.54. The first-order chi connectivity index (χ1) is 19.3. The van der Waals surface area contributed by atoms with E-state index < -0.39 is 34.7 Å². The molecule has 1 aromatic carbocycles. The molecule has 0 saturated heterocycles. The van der Waals surface area contributed by atoms with Crippen LogP contribution in [0.25, 0.3) is 0 Å². The predicted molar refractivity (Wildman–Crippen MR) is 147 cm³/mol. The van der Waals surface area contributed by atoms with E-state index >= 15 is 0 Å². The zero-order valence-corrected chi connectivity index (χ0v) is 23.7. The maximum atomic E-state index is 13.3. The molecule has 3 aromatic rings. The Morgan fingerprint density at radius 2 is 1.95 bits per heavy atom. The van der Waals surface area contributed by atoms with Crippen molar-refractivity contribution in [2.24, 2.45) is 0 Å². The first-order valence-electron chi connectivity index (χ1n) is 13.4. The number of carbonyl (C=O) groups is 2. The molecule has 5 rings (SSSR count). The molecule has 0 unspecified atom stereocenters. The van der Waals surface area contributed by atoms with Crippen LogP contribution in [0.2, 0.25) is 0 Å². The molecule has 3 heterocycles. The van der Waals surface area contributed by atoms with Gasteiger partial charge in [0.1, 0.15) is 5.82 Å². The maximum absolute atomic E-state index is 13.3. The molecule has 2 N–H and O–H groups in total. The minimum absolute atomic E-state index is 0.0564. The van der Waals surface area contributed by atoms with Crippen molar-refractivity contribution >= 4 is 23.2 Å². The SMILES string of the molecule is CC(C)N(C)C(=O)c1csc(C2(c3nc4c(c(=O)[nH]3)CN(C(=O)[C@H](O)c3cccc(C(F)(F)F)c3)CCC4)CC2)c1. The van der Waals surface area contributed by atoms with Gasteiger partial charge in [-0.15, -0.1) is 11.3 Å². The van der Waals surface area contributed by atoms with E-state index in [0.29, 0.717) is 35.5 Å². The van der Waals surface area contributed by atoms with Crippen molar-refractivity contribution in [3.63, 3.8) is 0 Å². The van der Waals surface area contributed by atoms with Gasteiger partial charge in [-0.2, -0.15) is 13.2 Å². The normalized spacial score (nSPS) is 17.1. The second-order valence-corrected chi connectivity index (χ2v) is 11.9. The van der Waals surface area contributed by atoms with Crippen molar-refractivity contribution in [3.05, 3.63) is 84.7 Å². The maximum Gasteiger partial charge on any atom is 0.416 e. The van der Waals surface area contributed by atoms with Gasteiger partial charge < -0.3 is 19.9 Å². The number of thiophene rings is 1. The van der Waals surface area contributed by atoms with Crippen molar-refractivity contribution in [1.29, 1.82) is 0 Å². The number of nitrogens with zero attached hydrogens (tertiary/aromatic N) is 3. The Morgan fingerprint density at radius 1 is 1.22 bits per heavy atom. The summed E-state index contributed by atoms with van der Waals surface area (Å²) >= 11 is 1.47. The van der Waals surface area contributed by atoms with E-state index in [2.05, 4.69) is 4.98 Å². The molecule has 1 fully saturated rings. The van der Waals surface area contributed by atoms with Crippen molar-refractivity contribution in [3.8, 4) is 0 Å². The van der Waals surface area contributed by atoms with Gasteiger partial charge in [0.15, 0.2) is 6.10 Å². The van der Waals surface area contributed by atoms with Gasteiger partial charge >= 0.3 is 6.18 Å². The number of aryl methyl sites for hydroxylation is 1. The minimum atomic E-state index is -4.61. The predicted octanol–water partition coefficient (Wildman–Crippen LogP) is 4.42. The fourth-order valence-electron chi connectivity index (χ4n) is 5.10. The molecule has 1 aliphatic heterocycles. The molecule has 12 heteroatoms. The fraction of sp³-hybridized carbons (Fsp3) is 0.448. The zero-order chi connectivity index (χ0) is 29.7. The fourth-order valence-corrected chi connectivity index (χ4v) is 6.24. The van der Waals surface area contributed by atoms with E-state index in [1.165, 1.54) is 22.3 Å². The number of aromatic nitrogens is 2. The third kappa shape index (κ3) is 5.54. The molecule has 8 nitrogen and oxygen atoms in total. The highest BCUT2D eigenvalue weighted by molar-refractivity contribution is 7.10. The van der Waals surface area contributed by atoms with Crippen LogP contribution in [0.5, 0.6) is 0 Å². The summed E-state index contributed by atoms with van der Waals surface area (Å²) in [5.74, 6) is -0.316. The minimum Gasteiger partial charge on any atom is -0.378 e. The highest BCUT2D eigenvalue weighted by Gasteiger charge is 2.50. The van der Waals surface area contributed by atoms with E-state index in [9.17, 15) is 32.7 Å². The second kappa shape index (κ2) is 10.7. The van der Waals surface area contributed by atoms with E-state index in [1.807, 2.05) is 25.3 Å². The van der Waals surface area contributed by atoms with Crippen LogP contribution in [-0.2, 0) is 29.4 Å². The lowest BCUT2D eigenvalue weighted by molar-refractivity contribution is -0.142. The number of fused-ring (bicyclic) bond motifs is 1. The molecule has 218 valence electrons. The van der Waals surface area contributed by atoms with Crippen LogP contribution in [0.4, 0.5) is 13.2 Å². The molecule has 1 aliphatic carbocycles. The van der Waals surface area contributed by atoms with Crippen molar-refractivity contribution in [2.45, 2.75) is 69.8 Å². The van der Waals surface area contributed by atoms with Gasteiger partial charge in [-0.1, -0.05) is 12.1 Å². The second-order valence-electron chi connectivity index (χ2n) is 11.0. The Labute approximate surface area is 238 Å². The topological polar surface area (TPSA) is 107 Å². The van der Waals surface area contributed by atoms with Crippen molar-refractivity contribution in [2.75, 3.05) is 13.6 Å². The van der Waals surface area contributed by atoms with Gasteiger partial charge in [0.05, 0.1) is 34.3 Å². The largest absolute Gasteiger partial charge is 0.416 e. The van der Waals surface area contributed by atoms with Gasteiger partial charge in [0.25, 0.3) is 17.4 Å². The Hall–Kier alpha value is -3.51. The van der Waals surface area contributed by atoms with Gasteiger partial charge in [0, 0.05) is 29.9 Å². The van der Waals surface area contributed by atoms with Crippen LogP contribution in [0, 0.1) is 0 Å². The average molecular weight is 589 g/mol. The zero-order valence-electron chi connectivity index (χ0n) is 22.9. The van der Waals surface area contributed by atoms with E-state index in [-0.39, 0.29) is 30.6 Å². The van der Waals surface area contributed by atoms with Crippen LogP contribution in [-0.4, -0.2) is 56.3 Å². The van der Waals surface area contributed by atoms with E-state index in [1.54, 1.807) is 11.9 Å². The molecule has 0 bridgehead atoms. The lowest BCUT2D eigenvalue weighted by atomic mass is 10.0. The summed E-state index contributed by atoms with van der Waals surface area (Å²) in [4.78, 5) is 50.9. The number of hydrogen-bond acceptors (Lipinski definition) is 6. The first-order valence-corrected chi connectivity index (χ1v) is 14.3. The summed E-state index contributed by atoms with van der Waals surface area (Å²) in [7, 11) is 1.76. The van der Waals surface area contributed by atoms with Crippen LogP contribution < -0.4 is 5.56 Å². The van der Waals surface area contributed by atoms with E-state index in [0.717, 1.165) is 35.9 Å². The Morgan fingerprint density at radius 3 is 2.61 bits per heavy atom. The standard InChI is InChI=1S/C29H31F3N4O4S/c1-16(2)35(3)25(39)18-13-22(41-15-18)28(9-10-28)27-33-21-8-5-11-36(14-20(21)24(38)34-27)26(40)23(37)17-6-4-7-19(12-17)29(30,31)32/h4,6-7,12-13,15-16,23,37H,5,8-11,14H2,1-3H3,(H,33,34,38)/t23-/m1/s1. The molecule has 41 heavy (non-hydrogen) atoms. The van der Waals surface area contributed by atoms with Gasteiger partial charge in [0.2, 0.25) is 0 Å². The summed E-state index contributed by atoms with van der Waals surface area (Å²) in [6.07, 6.45) is -3.96. The average Bonchev–Trinajstić information content (AvgIpc) is 3.65. The number of aromatic amines is 1. The quantitative estimate of drug-likeness (QED) is 0.444. The number of hydrogen-bond donors (Lipinski definition) is 2. The first kappa shape index (κ1) is 29.0. The van der Waals surface area contributed by atoms with Crippen molar-refractivity contribution < 1.29 is 27.9 Å². The molecular weight excluding hydrogens is 557 g/mol. The summed E-state index contributed by atoms with van der Waals surface area (Å²) in [6.45, 7) is 3.99. The Bertz CT molecular complexity index is 1540. The summed E-state index contributed by atoms with van der Waals surface area (Å²) in [5.41, 5.74) is -0.538. The number of nitrogens with one attached hydrogen (secondary N) is 1. The van der Waals surface area contributed by atoms with Gasteiger partial charge in [-0.25, -0.2) is 4.98 Å². The monoisotopic (exact) mass is 588 g/mol. The van der Waals surface area contributed by atoms with E-state index in [4.69, 9.17) is 4.98 Å².